The fraction of sp³-hybridized carbons (Fsp3) is 0.368. The van der Waals surface area contributed by atoms with E-state index >= 15 is 0 Å². The highest BCUT2D eigenvalue weighted by atomic mass is 32.1. The van der Waals surface area contributed by atoms with Crippen molar-refractivity contribution in [3.05, 3.63) is 48.4 Å². The molecule has 3 heterocycles. The van der Waals surface area contributed by atoms with Crippen LogP contribution in [0.25, 0.3) is 11.4 Å². The summed E-state index contributed by atoms with van der Waals surface area (Å²) in [6, 6.07) is 12.5. The number of aryl methyl sites for hydroxylation is 1. The third-order valence-corrected chi connectivity index (χ3v) is 5.25. The number of benzene rings is 1. The van der Waals surface area contributed by atoms with Crippen LogP contribution >= 0.6 is 11.5 Å². The van der Waals surface area contributed by atoms with Gasteiger partial charge in [-0.25, -0.2) is 9.97 Å². The topological polar surface area (TPSA) is 66.8 Å². The number of nitrogens with zero attached hydrogens (tertiary/aromatic N) is 5. The molecule has 0 radical (unpaired) electrons. The molecule has 2 aromatic heterocycles. The molecule has 0 aliphatic carbocycles. The quantitative estimate of drug-likeness (QED) is 0.744. The Kier molecular flexibility index (Phi) is 5.06. The molecule has 1 atom stereocenters. The Hall–Kier alpha value is -2.54. The van der Waals surface area contributed by atoms with Crippen molar-refractivity contribution in [2.75, 3.05) is 23.3 Å². The Morgan fingerprint density at radius 1 is 1.23 bits per heavy atom. The van der Waals surface area contributed by atoms with Crippen molar-refractivity contribution in [1.82, 2.24) is 19.3 Å². The van der Waals surface area contributed by atoms with Gasteiger partial charge in [0.2, 0.25) is 5.13 Å². The van der Waals surface area contributed by atoms with Crippen LogP contribution < -0.4 is 10.2 Å². The molecule has 1 unspecified atom stereocenters. The summed E-state index contributed by atoms with van der Waals surface area (Å²) in [5, 5.41) is 4.44. The monoisotopic (exact) mass is 366 g/mol. The normalized spacial score (nSPS) is 17.3. The highest BCUT2D eigenvalue weighted by Crippen LogP contribution is 2.24. The van der Waals surface area contributed by atoms with Crippen molar-refractivity contribution in [2.24, 2.45) is 0 Å². The summed E-state index contributed by atoms with van der Waals surface area (Å²) < 4.78 is 4.49. The van der Waals surface area contributed by atoms with Gasteiger partial charge in [0.1, 0.15) is 12.1 Å². The molecule has 1 aromatic carbocycles. The van der Waals surface area contributed by atoms with E-state index in [-0.39, 0.29) is 0 Å². The van der Waals surface area contributed by atoms with Gasteiger partial charge in [-0.05, 0) is 19.3 Å². The van der Waals surface area contributed by atoms with Crippen LogP contribution in [0.5, 0.6) is 0 Å². The van der Waals surface area contributed by atoms with Crippen LogP contribution in [-0.2, 0) is 6.42 Å². The molecule has 3 aromatic rings. The summed E-state index contributed by atoms with van der Waals surface area (Å²) in [6.45, 7) is 4.07. The molecule has 1 saturated heterocycles. The molecule has 1 aliphatic heterocycles. The second kappa shape index (κ2) is 7.78. The minimum Gasteiger partial charge on any atom is -0.356 e. The Balaban J connectivity index is 1.43. The first-order valence-electron chi connectivity index (χ1n) is 9.03. The summed E-state index contributed by atoms with van der Waals surface area (Å²) >= 11 is 1.42. The number of rotatable bonds is 5. The number of aromatic nitrogens is 4. The van der Waals surface area contributed by atoms with Crippen LogP contribution in [0.1, 0.15) is 25.5 Å². The van der Waals surface area contributed by atoms with Gasteiger partial charge in [0.25, 0.3) is 0 Å². The summed E-state index contributed by atoms with van der Waals surface area (Å²) in [7, 11) is 0. The maximum atomic E-state index is 4.65. The van der Waals surface area contributed by atoms with Crippen LogP contribution in [-0.4, -0.2) is 38.5 Å². The van der Waals surface area contributed by atoms with E-state index in [1.807, 2.05) is 30.3 Å². The highest BCUT2D eigenvalue weighted by Gasteiger charge is 2.22. The standard InChI is InChI=1S/C19H22N6S/c1-2-15-11-17(21-13-20-15)25-10-6-9-16(12-25)22-19-23-18(24-26-19)14-7-4-3-5-8-14/h3-5,7-8,11,13,16H,2,6,9-10,12H2,1H3,(H,22,23,24). The summed E-state index contributed by atoms with van der Waals surface area (Å²) in [5.74, 6) is 1.81. The zero-order chi connectivity index (χ0) is 17.8. The van der Waals surface area contributed by atoms with Gasteiger partial charge in [0.05, 0.1) is 0 Å². The van der Waals surface area contributed by atoms with Crippen molar-refractivity contribution in [3.8, 4) is 11.4 Å². The van der Waals surface area contributed by atoms with E-state index in [0.717, 1.165) is 60.4 Å². The lowest BCUT2D eigenvalue weighted by Gasteiger charge is -2.33. The van der Waals surface area contributed by atoms with E-state index in [1.165, 1.54) is 11.5 Å². The molecule has 1 aliphatic rings. The van der Waals surface area contributed by atoms with Crippen molar-refractivity contribution in [1.29, 1.82) is 0 Å². The lowest BCUT2D eigenvalue weighted by Crippen LogP contribution is -2.42. The number of hydrogen-bond acceptors (Lipinski definition) is 7. The van der Waals surface area contributed by atoms with Crippen LogP contribution in [0.15, 0.2) is 42.7 Å². The maximum absolute atomic E-state index is 4.65. The van der Waals surface area contributed by atoms with E-state index in [9.17, 15) is 0 Å². The van der Waals surface area contributed by atoms with E-state index in [1.54, 1.807) is 6.33 Å². The van der Waals surface area contributed by atoms with E-state index in [0.29, 0.717) is 6.04 Å². The van der Waals surface area contributed by atoms with Gasteiger partial charge < -0.3 is 10.2 Å². The van der Waals surface area contributed by atoms with Crippen LogP contribution in [0.4, 0.5) is 10.9 Å². The first kappa shape index (κ1) is 16.9. The van der Waals surface area contributed by atoms with Gasteiger partial charge in [-0.2, -0.15) is 9.36 Å². The second-order valence-electron chi connectivity index (χ2n) is 6.44. The molecule has 0 saturated carbocycles. The van der Waals surface area contributed by atoms with E-state index < -0.39 is 0 Å². The number of piperidine rings is 1. The summed E-state index contributed by atoms with van der Waals surface area (Å²) in [4.78, 5) is 15.7. The number of anilines is 2. The molecule has 0 amide bonds. The minimum absolute atomic E-state index is 0.348. The SMILES string of the molecule is CCc1cc(N2CCCC(Nc3nc(-c4ccccc4)ns3)C2)ncn1. The molecule has 1 N–H and O–H groups in total. The minimum atomic E-state index is 0.348. The third-order valence-electron chi connectivity index (χ3n) is 4.60. The molecule has 1 fully saturated rings. The lowest BCUT2D eigenvalue weighted by atomic mass is 10.1. The molecule has 26 heavy (non-hydrogen) atoms. The summed E-state index contributed by atoms with van der Waals surface area (Å²) in [5.41, 5.74) is 2.14. The Labute approximate surface area is 157 Å². The predicted molar refractivity (Wildman–Crippen MR) is 106 cm³/mol. The summed E-state index contributed by atoms with van der Waals surface area (Å²) in [6.07, 6.45) is 4.86. The predicted octanol–water partition coefficient (Wildman–Crippen LogP) is 3.64. The van der Waals surface area contributed by atoms with Crippen LogP contribution in [0, 0.1) is 0 Å². The zero-order valence-corrected chi connectivity index (χ0v) is 15.6. The molecule has 6 nitrogen and oxygen atoms in total. The van der Waals surface area contributed by atoms with E-state index in [4.69, 9.17) is 0 Å². The number of nitrogens with one attached hydrogen (secondary N) is 1. The molecular weight excluding hydrogens is 344 g/mol. The largest absolute Gasteiger partial charge is 0.356 e. The third kappa shape index (κ3) is 3.83. The van der Waals surface area contributed by atoms with Crippen LogP contribution in [0.3, 0.4) is 0 Å². The van der Waals surface area contributed by atoms with Gasteiger partial charge >= 0.3 is 0 Å². The molecule has 0 spiro atoms. The van der Waals surface area contributed by atoms with Crippen LogP contribution in [0.2, 0.25) is 0 Å². The average Bonchev–Trinajstić information content (AvgIpc) is 3.17. The Bertz CT molecular complexity index is 850. The van der Waals surface area contributed by atoms with Crippen molar-refractivity contribution in [2.45, 2.75) is 32.2 Å². The molecule has 134 valence electrons. The van der Waals surface area contributed by atoms with Gasteiger partial charge in [-0.15, -0.1) is 0 Å². The lowest BCUT2D eigenvalue weighted by molar-refractivity contribution is 0.526. The molecule has 7 heteroatoms. The van der Waals surface area contributed by atoms with Gasteiger partial charge in [-0.1, -0.05) is 37.3 Å². The van der Waals surface area contributed by atoms with Gasteiger partial charge in [-0.3, -0.25) is 0 Å². The van der Waals surface area contributed by atoms with Gasteiger partial charge in [0, 0.05) is 48.0 Å². The van der Waals surface area contributed by atoms with Crippen molar-refractivity contribution < 1.29 is 0 Å². The number of hydrogen-bond donors (Lipinski definition) is 1. The Morgan fingerprint density at radius 3 is 2.96 bits per heavy atom. The maximum Gasteiger partial charge on any atom is 0.203 e. The van der Waals surface area contributed by atoms with E-state index in [2.05, 4.69) is 42.5 Å². The average molecular weight is 366 g/mol. The fourth-order valence-electron chi connectivity index (χ4n) is 3.22. The molecular formula is C19H22N6S. The molecule has 4 rings (SSSR count). The zero-order valence-electron chi connectivity index (χ0n) is 14.8. The first-order valence-corrected chi connectivity index (χ1v) is 9.80. The van der Waals surface area contributed by atoms with Crippen molar-refractivity contribution >= 4 is 22.5 Å². The fourth-order valence-corrected chi connectivity index (χ4v) is 3.88. The first-order chi connectivity index (χ1) is 12.8. The highest BCUT2D eigenvalue weighted by molar-refractivity contribution is 7.09. The van der Waals surface area contributed by atoms with Crippen molar-refractivity contribution in [3.63, 3.8) is 0 Å². The van der Waals surface area contributed by atoms with Gasteiger partial charge in [0.15, 0.2) is 5.82 Å². The molecule has 0 bridgehead atoms. The Morgan fingerprint density at radius 2 is 2.12 bits per heavy atom. The second-order valence-corrected chi connectivity index (χ2v) is 7.19. The smallest absolute Gasteiger partial charge is 0.203 e.